The molecule has 0 unspecified atom stereocenters. The van der Waals surface area contributed by atoms with Gasteiger partial charge in [-0.05, 0) is 36.1 Å². The minimum Gasteiger partial charge on any atom is -0.485 e. The Hall–Kier alpha value is -2.67. The van der Waals surface area contributed by atoms with Crippen molar-refractivity contribution in [1.29, 1.82) is 0 Å². The van der Waals surface area contributed by atoms with E-state index in [0.717, 1.165) is 4.88 Å². The molecule has 0 aliphatic carbocycles. The van der Waals surface area contributed by atoms with Crippen molar-refractivity contribution in [3.8, 4) is 5.75 Å². The third kappa shape index (κ3) is 3.80. The van der Waals surface area contributed by atoms with Crippen LogP contribution in [0.4, 0.5) is 0 Å². The lowest BCUT2D eigenvalue weighted by atomic mass is 10.2. The van der Waals surface area contributed by atoms with Crippen LogP contribution >= 0.6 is 11.3 Å². The first-order valence-electron chi connectivity index (χ1n) is 7.45. The summed E-state index contributed by atoms with van der Waals surface area (Å²) in [5, 5.41) is 8.72. The van der Waals surface area contributed by atoms with E-state index in [1.165, 1.54) is 5.56 Å². The van der Waals surface area contributed by atoms with E-state index in [1.807, 2.05) is 24.4 Å². The number of para-hydroxylation sites is 1. The van der Waals surface area contributed by atoms with Crippen molar-refractivity contribution in [2.75, 3.05) is 0 Å². The Morgan fingerprint density at radius 3 is 2.83 bits per heavy atom. The van der Waals surface area contributed by atoms with E-state index >= 15 is 0 Å². The first-order valence-corrected chi connectivity index (χ1v) is 8.33. The highest BCUT2D eigenvalue weighted by Crippen LogP contribution is 2.20. The van der Waals surface area contributed by atoms with Crippen molar-refractivity contribution in [3.63, 3.8) is 0 Å². The lowest BCUT2D eigenvalue weighted by Crippen LogP contribution is -2.23. The zero-order valence-corrected chi connectivity index (χ0v) is 14.2. The van der Waals surface area contributed by atoms with Crippen molar-refractivity contribution >= 4 is 17.2 Å². The molecule has 124 valence electrons. The van der Waals surface area contributed by atoms with Gasteiger partial charge in [-0.25, -0.2) is 0 Å². The van der Waals surface area contributed by atoms with E-state index in [9.17, 15) is 4.79 Å². The van der Waals surface area contributed by atoms with Gasteiger partial charge in [0.25, 0.3) is 5.91 Å². The van der Waals surface area contributed by atoms with Crippen LogP contribution in [-0.4, -0.2) is 16.0 Å². The average molecular weight is 343 g/mol. The van der Waals surface area contributed by atoms with Crippen LogP contribution in [0.25, 0.3) is 0 Å². The topological polar surface area (TPSA) is 77.2 Å². The molecule has 0 saturated carbocycles. The van der Waals surface area contributed by atoms with E-state index in [0.29, 0.717) is 29.6 Å². The Morgan fingerprint density at radius 2 is 2.12 bits per heavy atom. The molecule has 3 rings (SSSR count). The highest BCUT2D eigenvalue weighted by molar-refractivity contribution is 7.10. The third-order valence-corrected chi connectivity index (χ3v) is 4.46. The number of thiophene rings is 1. The van der Waals surface area contributed by atoms with Gasteiger partial charge in [-0.2, -0.15) is 4.98 Å². The van der Waals surface area contributed by atoms with Gasteiger partial charge < -0.3 is 14.6 Å². The highest BCUT2D eigenvalue weighted by Gasteiger charge is 2.13. The Morgan fingerprint density at radius 1 is 1.29 bits per heavy atom. The summed E-state index contributed by atoms with van der Waals surface area (Å²) < 4.78 is 10.6. The summed E-state index contributed by atoms with van der Waals surface area (Å²) in [5.74, 6) is 1.23. The van der Waals surface area contributed by atoms with E-state index in [1.54, 1.807) is 36.5 Å². The van der Waals surface area contributed by atoms with Gasteiger partial charge in [0.15, 0.2) is 6.61 Å². The molecule has 0 bridgehead atoms. The largest absolute Gasteiger partial charge is 0.485 e. The number of benzene rings is 1. The number of nitrogens with zero attached hydrogens (tertiary/aromatic N) is 2. The molecule has 0 aliphatic rings. The number of nitrogens with one attached hydrogen (secondary N) is 1. The monoisotopic (exact) mass is 343 g/mol. The molecule has 0 spiro atoms. The normalized spacial score (nSPS) is 10.6. The number of ether oxygens (including phenoxy) is 1. The minimum atomic E-state index is -0.178. The molecule has 0 radical (unpaired) electrons. The molecule has 0 atom stereocenters. The fourth-order valence-electron chi connectivity index (χ4n) is 2.16. The second kappa shape index (κ2) is 7.27. The molecular weight excluding hydrogens is 326 g/mol. The number of rotatable bonds is 6. The molecule has 1 amide bonds. The summed E-state index contributed by atoms with van der Waals surface area (Å²) >= 11 is 1.63. The second-order valence-corrected chi connectivity index (χ2v) is 6.22. The summed E-state index contributed by atoms with van der Waals surface area (Å²) in [6.45, 7) is 4.39. The number of hydrogen-bond donors (Lipinski definition) is 1. The van der Waals surface area contributed by atoms with Crippen molar-refractivity contribution in [3.05, 3.63) is 63.4 Å². The van der Waals surface area contributed by atoms with Crippen LogP contribution in [0.1, 0.15) is 32.5 Å². The van der Waals surface area contributed by atoms with E-state index in [2.05, 4.69) is 15.5 Å². The molecule has 24 heavy (non-hydrogen) atoms. The summed E-state index contributed by atoms with van der Waals surface area (Å²) in [7, 11) is 0. The fraction of sp³-hybridized carbons (Fsp3) is 0.235. The molecule has 0 saturated heterocycles. The number of amides is 1. The fourth-order valence-corrected chi connectivity index (χ4v) is 3.01. The van der Waals surface area contributed by atoms with Gasteiger partial charge in [0.2, 0.25) is 11.7 Å². The maximum atomic E-state index is 12.5. The highest BCUT2D eigenvalue weighted by atomic mass is 32.1. The van der Waals surface area contributed by atoms with Crippen LogP contribution in [0.15, 0.2) is 40.2 Å². The summed E-state index contributed by atoms with van der Waals surface area (Å²) in [6, 6.07) is 9.13. The molecule has 7 heteroatoms. The zero-order valence-electron chi connectivity index (χ0n) is 13.4. The van der Waals surface area contributed by atoms with Crippen molar-refractivity contribution in [2.24, 2.45) is 0 Å². The first kappa shape index (κ1) is 16.2. The van der Waals surface area contributed by atoms with Gasteiger partial charge in [-0.3, -0.25) is 4.79 Å². The van der Waals surface area contributed by atoms with Crippen LogP contribution in [0.3, 0.4) is 0 Å². The molecule has 6 nitrogen and oxygen atoms in total. The Bertz CT molecular complexity index is 841. The molecular formula is C17H17N3O3S. The SMILES string of the molecule is Cc1nc(COc2ccccc2C(=O)NCc2sccc2C)no1. The van der Waals surface area contributed by atoms with Crippen LogP contribution in [-0.2, 0) is 13.2 Å². The Kier molecular flexibility index (Phi) is 4.90. The summed E-state index contributed by atoms with van der Waals surface area (Å²) in [6.07, 6.45) is 0. The predicted octanol–water partition coefficient (Wildman–Crippen LogP) is 3.26. The van der Waals surface area contributed by atoms with Crippen molar-refractivity contribution < 1.29 is 14.1 Å². The molecule has 0 fully saturated rings. The summed E-state index contributed by atoms with van der Waals surface area (Å²) in [5.41, 5.74) is 1.66. The molecule has 1 N–H and O–H groups in total. The first-order chi connectivity index (χ1) is 11.6. The van der Waals surface area contributed by atoms with Crippen LogP contribution < -0.4 is 10.1 Å². The Labute approximate surface area is 143 Å². The van der Waals surface area contributed by atoms with E-state index < -0.39 is 0 Å². The lowest BCUT2D eigenvalue weighted by molar-refractivity contribution is 0.0946. The van der Waals surface area contributed by atoms with Crippen LogP contribution in [0, 0.1) is 13.8 Å². The maximum absolute atomic E-state index is 12.5. The third-order valence-electron chi connectivity index (χ3n) is 3.44. The van der Waals surface area contributed by atoms with Crippen LogP contribution in [0.2, 0.25) is 0 Å². The summed E-state index contributed by atoms with van der Waals surface area (Å²) in [4.78, 5) is 17.7. The smallest absolute Gasteiger partial charge is 0.255 e. The van der Waals surface area contributed by atoms with Crippen molar-refractivity contribution in [2.45, 2.75) is 27.0 Å². The number of aryl methyl sites for hydroxylation is 2. The van der Waals surface area contributed by atoms with Gasteiger partial charge in [0.1, 0.15) is 5.75 Å². The average Bonchev–Trinajstić information content (AvgIpc) is 3.19. The molecule has 1 aromatic carbocycles. The Balaban J connectivity index is 1.66. The van der Waals surface area contributed by atoms with Gasteiger partial charge in [-0.1, -0.05) is 17.3 Å². The zero-order chi connectivity index (χ0) is 16.9. The van der Waals surface area contributed by atoms with E-state index in [4.69, 9.17) is 9.26 Å². The van der Waals surface area contributed by atoms with Gasteiger partial charge in [0, 0.05) is 11.8 Å². The standard InChI is InChI=1S/C17H17N3O3S/c1-11-7-8-24-15(11)9-18-17(21)13-5-3-4-6-14(13)22-10-16-19-12(2)23-20-16/h3-8H,9-10H2,1-2H3,(H,18,21). The van der Waals surface area contributed by atoms with Gasteiger partial charge in [-0.15, -0.1) is 11.3 Å². The number of hydrogen-bond acceptors (Lipinski definition) is 6. The molecule has 0 aliphatic heterocycles. The maximum Gasteiger partial charge on any atom is 0.255 e. The van der Waals surface area contributed by atoms with Crippen LogP contribution in [0.5, 0.6) is 5.75 Å². The van der Waals surface area contributed by atoms with Gasteiger partial charge >= 0.3 is 0 Å². The minimum absolute atomic E-state index is 0.145. The molecule has 3 aromatic rings. The van der Waals surface area contributed by atoms with E-state index in [-0.39, 0.29) is 12.5 Å². The molecule has 2 heterocycles. The van der Waals surface area contributed by atoms with Crippen molar-refractivity contribution in [1.82, 2.24) is 15.5 Å². The second-order valence-electron chi connectivity index (χ2n) is 5.22. The lowest BCUT2D eigenvalue weighted by Gasteiger charge is -2.10. The van der Waals surface area contributed by atoms with Gasteiger partial charge in [0.05, 0.1) is 12.1 Å². The number of carbonyl (C=O) groups excluding carboxylic acids is 1. The number of aromatic nitrogens is 2. The predicted molar refractivity (Wildman–Crippen MR) is 90.0 cm³/mol. The number of carbonyl (C=O) groups is 1. The molecule has 2 aromatic heterocycles. The quantitative estimate of drug-likeness (QED) is 0.743.